The van der Waals surface area contributed by atoms with Crippen LogP contribution in [-0.2, 0) is 0 Å². The lowest BCUT2D eigenvalue weighted by atomic mass is 9.89. The van der Waals surface area contributed by atoms with Crippen LogP contribution in [0, 0.1) is 18.3 Å². The van der Waals surface area contributed by atoms with Crippen LogP contribution in [0.2, 0.25) is 0 Å². The highest BCUT2D eigenvalue weighted by atomic mass is 16.2. The number of carbonyl (C=O) groups excluding carboxylic acids is 2. The number of hydrogen-bond donors (Lipinski definition) is 2. The second-order valence-electron chi connectivity index (χ2n) is 9.42. The third kappa shape index (κ3) is 5.36. The molecule has 0 saturated carbocycles. The molecule has 1 aliphatic heterocycles. The van der Waals surface area contributed by atoms with E-state index in [1.807, 2.05) is 56.0 Å². The number of primary amides is 1. The molecule has 3 N–H and O–H groups in total. The van der Waals surface area contributed by atoms with Crippen molar-refractivity contribution in [1.82, 2.24) is 14.9 Å². The van der Waals surface area contributed by atoms with E-state index in [9.17, 15) is 9.59 Å². The van der Waals surface area contributed by atoms with Gasteiger partial charge in [0.05, 0.1) is 22.9 Å². The first kappa shape index (κ1) is 24.9. The van der Waals surface area contributed by atoms with Gasteiger partial charge in [0.15, 0.2) is 0 Å². The van der Waals surface area contributed by atoms with Crippen LogP contribution < -0.4 is 11.1 Å². The highest BCUT2D eigenvalue weighted by Crippen LogP contribution is 2.30. The number of carbonyl (C=O) groups is 2. The second kappa shape index (κ2) is 10.6. The topological polar surface area (TPSA) is 125 Å². The van der Waals surface area contributed by atoms with Crippen LogP contribution in [0.15, 0.2) is 48.5 Å². The maximum atomic E-state index is 13.4. The normalized spacial score (nSPS) is 13.9. The molecule has 3 heterocycles. The number of rotatable bonds is 6. The first-order chi connectivity index (χ1) is 17.3. The summed E-state index contributed by atoms with van der Waals surface area (Å²) in [6.07, 6.45) is 1.68. The van der Waals surface area contributed by atoms with Gasteiger partial charge in [0.2, 0.25) is 0 Å². The summed E-state index contributed by atoms with van der Waals surface area (Å²) in [5.41, 5.74) is 9.66. The number of nitrogens with one attached hydrogen (secondary N) is 1. The van der Waals surface area contributed by atoms with E-state index in [0.29, 0.717) is 47.5 Å². The van der Waals surface area contributed by atoms with Crippen LogP contribution in [-0.4, -0.2) is 45.8 Å². The van der Waals surface area contributed by atoms with E-state index in [2.05, 4.69) is 21.4 Å². The fraction of sp³-hybridized carbons (Fsp3) is 0.321. The number of likely N-dealkylation sites (tertiary alicyclic amines) is 1. The average Bonchev–Trinajstić information content (AvgIpc) is 2.88. The van der Waals surface area contributed by atoms with Gasteiger partial charge in [-0.05, 0) is 81.0 Å². The van der Waals surface area contributed by atoms with Gasteiger partial charge < -0.3 is 16.0 Å². The van der Waals surface area contributed by atoms with Crippen molar-refractivity contribution in [3.63, 3.8) is 0 Å². The molecule has 0 unspecified atom stereocenters. The van der Waals surface area contributed by atoms with Gasteiger partial charge in [-0.15, -0.1) is 0 Å². The molecule has 2 amide bonds. The predicted octanol–water partition coefficient (Wildman–Crippen LogP) is 4.26. The van der Waals surface area contributed by atoms with Crippen LogP contribution in [0.3, 0.4) is 0 Å². The van der Waals surface area contributed by atoms with Gasteiger partial charge in [-0.2, -0.15) is 5.26 Å². The van der Waals surface area contributed by atoms with Gasteiger partial charge in [0, 0.05) is 19.1 Å². The lowest BCUT2D eigenvalue weighted by Gasteiger charge is -2.32. The summed E-state index contributed by atoms with van der Waals surface area (Å²) < 4.78 is 0. The van der Waals surface area contributed by atoms with Crippen LogP contribution in [0.1, 0.15) is 70.1 Å². The summed E-state index contributed by atoms with van der Waals surface area (Å²) in [4.78, 5) is 36.6. The molecule has 2 aromatic heterocycles. The van der Waals surface area contributed by atoms with Gasteiger partial charge in [0.1, 0.15) is 17.2 Å². The Kier molecular flexibility index (Phi) is 7.30. The molecule has 1 saturated heterocycles. The molecular weight excluding hydrogens is 452 g/mol. The Balaban J connectivity index is 1.56. The smallest absolute Gasteiger partial charge is 0.272 e. The Morgan fingerprint density at radius 3 is 2.33 bits per heavy atom. The van der Waals surface area contributed by atoms with Crippen molar-refractivity contribution in [1.29, 1.82) is 5.26 Å². The number of hydrogen-bond acceptors (Lipinski definition) is 6. The molecule has 8 nitrogen and oxygen atoms in total. The van der Waals surface area contributed by atoms with Crippen LogP contribution in [0.4, 0.5) is 5.82 Å². The Labute approximate surface area is 211 Å². The summed E-state index contributed by atoms with van der Waals surface area (Å²) in [5, 5.41) is 12.2. The highest BCUT2D eigenvalue weighted by molar-refractivity contribution is 5.99. The molecule has 4 rings (SSSR count). The van der Waals surface area contributed by atoms with Crippen LogP contribution in [0.25, 0.3) is 11.4 Å². The van der Waals surface area contributed by atoms with Gasteiger partial charge in [-0.25, -0.2) is 9.97 Å². The summed E-state index contributed by atoms with van der Waals surface area (Å²) in [7, 11) is 0. The Hall–Kier alpha value is -4.25. The Morgan fingerprint density at radius 2 is 1.72 bits per heavy atom. The summed E-state index contributed by atoms with van der Waals surface area (Å²) in [6, 6.07) is 16.9. The van der Waals surface area contributed by atoms with Crippen molar-refractivity contribution in [3.8, 4) is 17.5 Å². The zero-order chi connectivity index (χ0) is 25.8. The zero-order valence-corrected chi connectivity index (χ0v) is 20.8. The summed E-state index contributed by atoms with van der Waals surface area (Å²) in [6.45, 7) is 7.10. The largest absolute Gasteiger partial charge is 0.368 e. The number of anilines is 1. The van der Waals surface area contributed by atoms with Crippen molar-refractivity contribution in [3.05, 3.63) is 76.5 Å². The maximum Gasteiger partial charge on any atom is 0.272 e. The number of aromatic nitrogens is 2. The summed E-state index contributed by atoms with van der Waals surface area (Å²) >= 11 is 0. The van der Waals surface area contributed by atoms with E-state index in [1.54, 1.807) is 18.2 Å². The third-order valence-corrected chi connectivity index (χ3v) is 6.43. The number of piperidine rings is 1. The standard InChI is InChI=1S/C28H30N6O2/c1-17(2)31-24-11-9-22(27(30)35)26(33-24)25-18(3)4-10-23(32-25)28(36)34-14-12-21(13-15-34)20-7-5-19(16-29)6-8-20/h4-11,17,21H,12-15H2,1-3H3,(H2,30,35)(H,31,33). The molecule has 1 fully saturated rings. The van der Waals surface area contributed by atoms with Crippen molar-refractivity contribution < 1.29 is 9.59 Å². The molecule has 0 radical (unpaired) electrons. The van der Waals surface area contributed by atoms with Crippen molar-refractivity contribution in [2.75, 3.05) is 18.4 Å². The third-order valence-electron chi connectivity index (χ3n) is 6.43. The molecule has 3 aromatic rings. The van der Waals surface area contributed by atoms with E-state index >= 15 is 0 Å². The molecule has 36 heavy (non-hydrogen) atoms. The number of aryl methyl sites for hydroxylation is 1. The van der Waals surface area contributed by atoms with Crippen LogP contribution in [0.5, 0.6) is 0 Å². The molecule has 8 heteroatoms. The quantitative estimate of drug-likeness (QED) is 0.541. The number of pyridine rings is 2. The Bertz CT molecular complexity index is 1320. The molecule has 1 aliphatic rings. The van der Waals surface area contributed by atoms with Gasteiger partial charge >= 0.3 is 0 Å². The number of nitrogens with two attached hydrogens (primary N) is 1. The average molecular weight is 483 g/mol. The fourth-order valence-corrected chi connectivity index (χ4v) is 4.51. The Morgan fingerprint density at radius 1 is 1.03 bits per heavy atom. The fourth-order valence-electron chi connectivity index (χ4n) is 4.51. The number of nitrogens with zero attached hydrogens (tertiary/aromatic N) is 4. The lowest BCUT2D eigenvalue weighted by Crippen LogP contribution is -2.38. The second-order valence-corrected chi connectivity index (χ2v) is 9.42. The number of amides is 2. The molecule has 184 valence electrons. The van der Waals surface area contributed by atoms with Crippen molar-refractivity contribution >= 4 is 17.6 Å². The van der Waals surface area contributed by atoms with Crippen molar-refractivity contribution in [2.45, 2.75) is 45.6 Å². The number of benzene rings is 1. The van der Waals surface area contributed by atoms with E-state index in [4.69, 9.17) is 11.0 Å². The van der Waals surface area contributed by atoms with Gasteiger partial charge in [0.25, 0.3) is 11.8 Å². The molecule has 0 spiro atoms. The molecule has 1 aromatic carbocycles. The SMILES string of the molecule is Cc1ccc(C(=O)N2CCC(c3ccc(C#N)cc3)CC2)nc1-c1nc(NC(C)C)ccc1C(N)=O. The minimum absolute atomic E-state index is 0.147. The van der Waals surface area contributed by atoms with E-state index in [0.717, 1.165) is 18.4 Å². The first-order valence-electron chi connectivity index (χ1n) is 12.1. The zero-order valence-electron chi connectivity index (χ0n) is 20.8. The number of nitriles is 1. The minimum Gasteiger partial charge on any atom is -0.368 e. The van der Waals surface area contributed by atoms with Gasteiger partial charge in [-0.1, -0.05) is 18.2 Å². The maximum absolute atomic E-state index is 13.4. The predicted molar refractivity (Wildman–Crippen MR) is 139 cm³/mol. The van der Waals surface area contributed by atoms with E-state index in [-0.39, 0.29) is 17.5 Å². The highest BCUT2D eigenvalue weighted by Gasteiger charge is 2.26. The molecular formula is C28H30N6O2. The van der Waals surface area contributed by atoms with Crippen LogP contribution >= 0.6 is 0 Å². The molecule has 0 aliphatic carbocycles. The lowest BCUT2D eigenvalue weighted by molar-refractivity contribution is 0.0707. The molecule has 0 bridgehead atoms. The van der Waals surface area contributed by atoms with Crippen molar-refractivity contribution in [2.24, 2.45) is 5.73 Å². The monoisotopic (exact) mass is 482 g/mol. The minimum atomic E-state index is -0.601. The summed E-state index contributed by atoms with van der Waals surface area (Å²) in [5.74, 6) is 0.206. The van der Waals surface area contributed by atoms with Gasteiger partial charge in [-0.3, -0.25) is 9.59 Å². The first-order valence-corrected chi connectivity index (χ1v) is 12.1. The van der Waals surface area contributed by atoms with E-state index in [1.165, 1.54) is 5.56 Å². The molecule has 0 atom stereocenters. The van der Waals surface area contributed by atoms with E-state index < -0.39 is 5.91 Å².